The first-order valence-electron chi connectivity index (χ1n) is 12.1. The Balaban J connectivity index is 1.68. The molecule has 1 aromatic carbocycles. The van der Waals surface area contributed by atoms with Gasteiger partial charge in [-0.25, -0.2) is 0 Å². The van der Waals surface area contributed by atoms with Crippen molar-refractivity contribution in [3.8, 4) is 0 Å². The van der Waals surface area contributed by atoms with Crippen molar-refractivity contribution in [3.05, 3.63) is 30.3 Å². The highest BCUT2D eigenvalue weighted by Crippen LogP contribution is 2.66. The zero-order valence-electron chi connectivity index (χ0n) is 19.6. The molecular formula is C25H35N3O4S. The summed E-state index contributed by atoms with van der Waals surface area (Å²) < 4.78 is -0.626. The predicted molar refractivity (Wildman–Crippen MR) is 130 cm³/mol. The van der Waals surface area contributed by atoms with Crippen LogP contribution in [0.1, 0.15) is 46.5 Å². The van der Waals surface area contributed by atoms with Gasteiger partial charge in [-0.3, -0.25) is 14.4 Å². The summed E-state index contributed by atoms with van der Waals surface area (Å²) in [7, 11) is 0. The molecule has 33 heavy (non-hydrogen) atoms. The van der Waals surface area contributed by atoms with E-state index < -0.39 is 28.7 Å². The van der Waals surface area contributed by atoms with Gasteiger partial charge in [0, 0.05) is 17.5 Å². The fraction of sp³-hybridized carbons (Fsp3) is 0.640. The molecule has 0 aliphatic carbocycles. The lowest BCUT2D eigenvalue weighted by Gasteiger charge is -2.38. The molecule has 1 aromatic rings. The topological polar surface area (TPSA) is 98.7 Å². The number of hydrogen-bond acceptors (Lipinski definition) is 5. The van der Waals surface area contributed by atoms with Gasteiger partial charge in [0.25, 0.3) is 0 Å². The van der Waals surface area contributed by atoms with Gasteiger partial charge in [0.15, 0.2) is 0 Å². The van der Waals surface area contributed by atoms with Gasteiger partial charge in [-0.1, -0.05) is 45.4 Å². The largest absolute Gasteiger partial charge is 0.394 e. The molecule has 7 nitrogen and oxygen atoms in total. The first-order valence-corrected chi connectivity index (χ1v) is 13.0. The second-order valence-corrected chi connectivity index (χ2v) is 11.4. The lowest BCUT2D eigenvalue weighted by molar-refractivity contribution is -0.143. The number of unbranched alkanes of at least 4 members (excludes halogenated alkanes) is 1. The van der Waals surface area contributed by atoms with Crippen LogP contribution in [0.3, 0.4) is 0 Å². The Morgan fingerprint density at radius 3 is 2.61 bits per heavy atom. The van der Waals surface area contributed by atoms with Crippen LogP contribution in [0, 0.1) is 17.8 Å². The minimum absolute atomic E-state index is 0.0149. The Morgan fingerprint density at radius 2 is 1.97 bits per heavy atom. The van der Waals surface area contributed by atoms with Gasteiger partial charge < -0.3 is 20.6 Å². The predicted octanol–water partition coefficient (Wildman–Crippen LogP) is 2.65. The summed E-state index contributed by atoms with van der Waals surface area (Å²) in [6.45, 7) is 6.33. The summed E-state index contributed by atoms with van der Waals surface area (Å²) in [6, 6.07) is 8.15. The van der Waals surface area contributed by atoms with E-state index in [1.165, 1.54) is 0 Å². The molecule has 8 heteroatoms. The lowest BCUT2D eigenvalue weighted by Crippen LogP contribution is -2.57. The Kier molecular flexibility index (Phi) is 7.05. The molecule has 4 rings (SSSR count). The number of anilines is 1. The molecule has 2 bridgehead atoms. The number of likely N-dealkylation sites (tertiary alicyclic amines) is 1. The second-order valence-electron chi connectivity index (χ2n) is 9.80. The SMILES string of the molecule is CCCCNC(=O)C1N([C@@H](CO)C(C)C)C(=O)[C@@H]2[C@@H](C(=O)Nc3ccccc3)[C@H]3CCC12S3. The molecule has 3 saturated heterocycles. The van der Waals surface area contributed by atoms with Gasteiger partial charge in [-0.15, -0.1) is 11.8 Å². The summed E-state index contributed by atoms with van der Waals surface area (Å²) >= 11 is 1.65. The molecule has 3 amide bonds. The zero-order chi connectivity index (χ0) is 23.8. The number of carbonyl (C=O) groups excluding carboxylic acids is 3. The van der Waals surface area contributed by atoms with Crippen LogP contribution in [-0.2, 0) is 14.4 Å². The highest BCUT2D eigenvalue weighted by atomic mass is 32.2. The summed E-state index contributed by atoms with van der Waals surface area (Å²) in [5, 5.41) is 16.2. The molecule has 3 fully saturated rings. The van der Waals surface area contributed by atoms with Crippen molar-refractivity contribution < 1.29 is 19.5 Å². The highest BCUT2D eigenvalue weighted by Gasteiger charge is 2.74. The van der Waals surface area contributed by atoms with Gasteiger partial charge in [0.2, 0.25) is 17.7 Å². The Bertz CT molecular complexity index is 895. The van der Waals surface area contributed by atoms with Crippen molar-refractivity contribution in [2.24, 2.45) is 17.8 Å². The molecule has 180 valence electrons. The van der Waals surface area contributed by atoms with Gasteiger partial charge in [-0.2, -0.15) is 0 Å². The van der Waals surface area contributed by atoms with E-state index in [2.05, 4.69) is 17.6 Å². The molecule has 0 saturated carbocycles. The fourth-order valence-electron chi connectivity index (χ4n) is 5.90. The van der Waals surface area contributed by atoms with Crippen LogP contribution in [0.4, 0.5) is 5.69 Å². The number of aliphatic hydroxyl groups excluding tert-OH is 1. The molecule has 3 aliphatic heterocycles. The summed E-state index contributed by atoms with van der Waals surface area (Å²) in [6.07, 6.45) is 3.37. The summed E-state index contributed by atoms with van der Waals surface area (Å²) in [4.78, 5) is 42.5. The normalized spacial score (nSPS) is 31.1. The van der Waals surface area contributed by atoms with Crippen LogP contribution in [0.5, 0.6) is 0 Å². The lowest BCUT2D eigenvalue weighted by atomic mass is 9.70. The number of para-hydroxylation sites is 1. The van der Waals surface area contributed by atoms with Crippen molar-refractivity contribution in [3.63, 3.8) is 0 Å². The number of benzene rings is 1. The van der Waals surface area contributed by atoms with Crippen LogP contribution in [-0.4, -0.2) is 63.0 Å². The number of carbonyl (C=O) groups is 3. The number of aliphatic hydroxyl groups is 1. The van der Waals surface area contributed by atoms with Gasteiger partial charge in [0.05, 0.1) is 29.2 Å². The molecule has 0 aromatic heterocycles. The molecule has 1 spiro atoms. The summed E-state index contributed by atoms with van der Waals surface area (Å²) in [5.74, 6) is -1.54. The minimum Gasteiger partial charge on any atom is -0.394 e. The van der Waals surface area contributed by atoms with Gasteiger partial charge in [-0.05, 0) is 37.3 Å². The number of nitrogens with zero attached hydrogens (tertiary/aromatic N) is 1. The molecule has 6 atom stereocenters. The third-order valence-electron chi connectivity index (χ3n) is 7.47. The van der Waals surface area contributed by atoms with Crippen molar-refractivity contribution in [2.75, 3.05) is 18.5 Å². The zero-order valence-corrected chi connectivity index (χ0v) is 20.4. The van der Waals surface area contributed by atoms with E-state index >= 15 is 0 Å². The number of hydrogen-bond donors (Lipinski definition) is 3. The third kappa shape index (κ3) is 4.05. The van der Waals surface area contributed by atoms with Crippen LogP contribution in [0.2, 0.25) is 0 Å². The van der Waals surface area contributed by atoms with E-state index in [1.807, 2.05) is 44.2 Å². The Morgan fingerprint density at radius 1 is 1.24 bits per heavy atom. The maximum atomic E-state index is 13.9. The van der Waals surface area contributed by atoms with Gasteiger partial charge in [0.1, 0.15) is 6.04 Å². The van der Waals surface area contributed by atoms with Crippen molar-refractivity contribution in [1.29, 1.82) is 0 Å². The van der Waals surface area contributed by atoms with E-state index in [-0.39, 0.29) is 35.5 Å². The van der Waals surface area contributed by atoms with Gasteiger partial charge >= 0.3 is 0 Å². The first-order chi connectivity index (χ1) is 15.9. The van der Waals surface area contributed by atoms with E-state index in [4.69, 9.17) is 0 Å². The van der Waals surface area contributed by atoms with E-state index in [0.29, 0.717) is 12.2 Å². The van der Waals surface area contributed by atoms with Crippen molar-refractivity contribution >= 4 is 35.2 Å². The maximum absolute atomic E-state index is 13.9. The van der Waals surface area contributed by atoms with Crippen LogP contribution in [0.15, 0.2) is 30.3 Å². The quantitative estimate of drug-likeness (QED) is 0.479. The maximum Gasteiger partial charge on any atom is 0.244 e. The molecule has 2 unspecified atom stereocenters. The highest BCUT2D eigenvalue weighted by molar-refractivity contribution is 8.02. The summed E-state index contributed by atoms with van der Waals surface area (Å²) in [5.41, 5.74) is 0.705. The Labute approximate surface area is 200 Å². The molecule has 3 aliphatic rings. The average Bonchev–Trinajstić information content (AvgIpc) is 3.43. The number of amides is 3. The van der Waals surface area contributed by atoms with Crippen LogP contribution >= 0.6 is 11.8 Å². The monoisotopic (exact) mass is 473 g/mol. The van der Waals surface area contributed by atoms with E-state index in [0.717, 1.165) is 25.7 Å². The van der Waals surface area contributed by atoms with Crippen molar-refractivity contribution in [1.82, 2.24) is 10.2 Å². The molecule has 3 N–H and O–H groups in total. The minimum atomic E-state index is -0.670. The van der Waals surface area contributed by atoms with E-state index in [9.17, 15) is 19.5 Å². The standard InChI is InChI=1S/C25H35N3O4S/c1-4-5-13-26-23(31)21-25-12-11-18(33-25)19(22(30)27-16-9-7-6-8-10-16)20(25)24(32)28(21)17(14-29)15(2)3/h6-10,15,17-21,29H,4-5,11-14H2,1-3H3,(H,26,31)(H,27,30)/t17-,18+,19-,20-,21?,25?/m0/s1. The molecule has 0 radical (unpaired) electrons. The second kappa shape index (κ2) is 9.66. The van der Waals surface area contributed by atoms with Crippen molar-refractivity contribution in [2.45, 2.75) is 68.5 Å². The average molecular weight is 474 g/mol. The van der Waals surface area contributed by atoms with E-state index in [1.54, 1.807) is 16.7 Å². The number of rotatable bonds is 9. The fourth-order valence-corrected chi connectivity index (χ4v) is 8.11. The molecular weight excluding hydrogens is 438 g/mol. The first kappa shape index (κ1) is 24.1. The number of fused-ring (bicyclic) bond motifs is 1. The number of thioether (sulfide) groups is 1. The van der Waals surface area contributed by atoms with Crippen LogP contribution in [0.25, 0.3) is 0 Å². The Hall–Kier alpha value is -2.06. The smallest absolute Gasteiger partial charge is 0.244 e. The third-order valence-corrected chi connectivity index (χ3v) is 9.43. The number of nitrogens with one attached hydrogen (secondary N) is 2. The van der Waals surface area contributed by atoms with Crippen LogP contribution < -0.4 is 10.6 Å². The molecule has 3 heterocycles.